The van der Waals surface area contributed by atoms with Gasteiger partial charge in [0.05, 0.1) is 5.71 Å². The minimum Gasteiger partial charge on any atom is -0.411 e. The van der Waals surface area contributed by atoms with Gasteiger partial charge in [0.1, 0.15) is 0 Å². The fraction of sp³-hybridized carbons (Fsp3) is 0.500. The Morgan fingerprint density at radius 2 is 1.94 bits per heavy atom. The van der Waals surface area contributed by atoms with Crippen LogP contribution in [0.4, 0.5) is 0 Å². The van der Waals surface area contributed by atoms with Gasteiger partial charge >= 0.3 is 0 Å². The molecular formula is C14H17NO. The van der Waals surface area contributed by atoms with Crippen molar-refractivity contribution in [3.8, 4) is 0 Å². The second kappa shape index (κ2) is 3.93. The van der Waals surface area contributed by atoms with Crippen molar-refractivity contribution in [2.24, 2.45) is 17.0 Å². The monoisotopic (exact) mass is 215 g/mol. The van der Waals surface area contributed by atoms with Crippen molar-refractivity contribution in [1.29, 1.82) is 0 Å². The molecule has 2 heteroatoms. The number of benzene rings is 1. The second-order valence-corrected chi connectivity index (χ2v) is 5.00. The maximum atomic E-state index is 9.26. The van der Waals surface area contributed by atoms with E-state index < -0.39 is 0 Å². The molecule has 1 fully saturated rings. The van der Waals surface area contributed by atoms with Gasteiger partial charge in [-0.25, -0.2) is 0 Å². The van der Waals surface area contributed by atoms with E-state index >= 15 is 0 Å². The molecule has 1 aromatic carbocycles. The van der Waals surface area contributed by atoms with Gasteiger partial charge in [0.25, 0.3) is 0 Å². The number of nitrogens with zero attached hydrogens (tertiary/aromatic N) is 1. The van der Waals surface area contributed by atoms with E-state index in [0.29, 0.717) is 11.8 Å². The van der Waals surface area contributed by atoms with Crippen LogP contribution in [0, 0.1) is 11.8 Å². The normalized spacial score (nSPS) is 30.9. The SMILES string of the molecule is ON=C1c2ccccc2CC2CCCCC12. The van der Waals surface area contributed by atoms with Gasteiger partial charge in [0.2, 0.25) is 0 Å². The Hall–Kier alpha value is -1.31. The number of hydrogen-bond acceptors (Lipinski definition) is 2. The van der Waals surface area contributed by atoms with Crippen molar-refractivity contribution < 1.29 is 5.21 Å². The van der Waals surface area contributed by atoms with Crippen molar-refractivity contribution in [3.05, 3.63) is 35.4 Å². The van der Waals surface area contributed by atoms with Crippen LogP contribution in [-0.2, 0) is 6.42 Å². The minimum absolute atomic E-state index is 0.494. The fourth-order valence-corrected chi connectivity index (χ4v) is 3.37. The zero-order valence-corrected chi connectivity index (χ0v) is 9.39. The molecule has 1 saturated carbocycles. The molecule has 2 atom stereocenters. The molecule has 0 saturated heterocycles. The van der Waals surface area contributed by atoms with E-state index in [2.05, 4.69) is 23.4 Å². The predicted octanol–water partition coefficient (Wildman–Crippen LogP) is 3.23. The summed E-state index contributed by atoms with van der Waals surface area (Å²) < 4.78 is 0. The lowest BCUT2D eigenvalue weighted by Gasteiger charge is -2.36. The quantitative estimate of drug-likeness (QED) is 0.523. The number of fused-ring (bicyclic) bond motifs is 2. The van der Waals surface area contributed by atoms with Gasteiger partial charge in [0, 0.05) is 11.5 Å². The molecule has 16 heavy (non-hydrogen) atoms. The maximum absolute atomic E-state index is 9.26. The second-order valence-electron chi connectivity index (χ2n) is 5.00. The Morgan fingerprint density at radius 3 is 2.81 bits per heavy atom. The molecule has 0 amide bonds. The Labute approximate surface area is 96.0 Å². The van der Waals surface area contributed by atoms with Crippen LogP contribution in [0.15, 0.2) is 29.4 Å². The summed E-state index contributed by atoms with van der Waals surface area (Å²) in [6.45, 7) is 0. The van der Waals surface area contributed by atoms with E-state index in [1.54, 1.807) is 0 Å². The number of rotatable bonds is 0. The van der Waals surface area contributed by atoms with Gasteiger partial charge in [-0.15, -0.1) is 0 Å². The number of hydrogen-bond donors (Lipinski definition) is 1. The van der Waals surface area contributed by atoms with E-state index in [-0.39, 0.29) is 0 Å². The van der Waals surface area contributed by atoms with Crippen LogP contribution < -0.4 is 0 Å². The zero-order valence-electron chi connectivity index (χ0n) is 9.39. The molecule has 3 rings (SSSR count). The highest BCUT2D eigenvalue weighted by Gasteiger charge is 2.35. The van der Waals surface area contributed by atoms with Crippen LogP contribution >= 0.6 is 0 Å². The van der Waals surface area contributed by atoms with Crippen LogP contribution in [0.3, 0.4) is 0 Å². The summed E-state index contributed by atoms with van der Waals surface area (Å²) in [5.74, 6) is 1.20. The molecule has 1 aromatic rings. The summed E-state index contributed by atoms with van der Waals surface area (Å²) >= 11 is 0. The van der Waals surface area contributed by atoms with Crippen molar-refractivity contribution in [3.63, 3.8) is 0 Å². The lowest BCUT2D eigenvalue weighted by Crippen LogP contribution is -2.34. The van der Waals surface area contributed by atoms with Crippen molar-refractivity contribution in [2.45, 2.75) is 32.1 Å². The van der Waals surface area contributed by atoms with Gasteiger partial charge < -0.3 is 5.21 Å². The molecule has 2 nitrogen and oxygen atoms in total. The lowest BCUT2D eigenvalue weighted by atomic mass is 9.68. The summed E-state index contributed by atoms with van der Waals surface area (Å²) in [7, 11) is 0. The maximum Gasteiger partial charge on any atom is 0.0904 e. The molecule has 0 heterocycles. The van der Waals surface area contributed by atoms with E-state index in [1.165, 1.54) is 43.2 Å². The standard InChI is InChI=1S/C14H17NO/c16-15-14-12-7-3-1-5-10(12)9-11-6-2-4-8-13(11)14/h1,3,5,7,11,13,16H,2,4,6,8-9H2. The lowest BCUT2D eigenvalue weighted by molar-refractivity contribution is 0.270. The highest BCUT2D eigenvalue weighted by Crippen LogP contribution is 2.39. The van der Waals surface area contributed by atoms with Gasteiger partial charge in [-0.05, 0) is 30.7 Å². The van der Waals surface area contributed by atoms with E-state index in [4.69, 9.17) is 0 Å². The molecule has 0 aromatic heterocycles. The summed E-state index contributed by atoms with van der Waals surface area (Å²) in [5.41, 5.74) is 3.47. The first-order valence-corrected chi connectivity index (χ1v) is 6.20. The fourth-order valence-electron chi connectivity index (χ4n) is 3.37. The average Bonchev–Trinajstić information content (AvgIpc) is 2.36. The third-order valence-electron chi connectivity index (χ3n) is 4.14. The van der Waals surface area contributed by atoms with Crippen LogP contribution in [-0.4, -0.2) is 10.9 Å². The Kier molecular flexibility index (Phi) is 2.43. The van der Waals surface area contributed by atoms with Gasteiger partial charge in [-0.2, -0.15) is 0 Å². The molecule has 0 spiro atoms. The molecule has 2 aliphatic rings. The first-order chi connectivity index (χ1) is 7.90. The molecular weight excluding hydrogens is 198 g/mol. The third-order valence-corrected chi connectivity index (χ3v) is 4.14. The van der Waals surface area contributed by atoms with Crippen molar-refractivity contribution >= 4 is 5.71 Å². The van der Waals surface area contributed by atoms with E-state index in [9.17, 15) is 5.21 Å². The Balaban J connectivity index is 2.06. The summed E-state index contributed by atoms with van der Waals surface area (Å²) in [5, 5.41) is 12.9. The van der Waals surface area contributed by atoms with E-state index in [1.807, 2.05) is 6.07 Å². The molecule has 2 unspecified atom stereocenters. The first kappa shape index (κ1) is 9.88. The Morgan fingerprint density at radius 1 is 1.12 bits per heavy atom. The topological polar surface area (TPSA) is 32.6 Å². The Bertz CT molecular complexity index is 424. The molecule has 0 aliphatic heterocycles. The van der Waals surface area contributed by atoms with Gasteiger partial charge in [-0.1, -0.05) is 42.3 Å². The minimum atomic E-state index is 0.494. The zero-order chi connectivity index (χ0) is 11.0. The highest BCUT2D eigenvalue weighted by molar-refractivity contribution is 6.04. The molecule has 1 N–H and O–H groups in total. The summed E-state index contributed by atoms with van der Waals surface area (Å²) in [6.07, 6.45) is 6.26. The predicted molar refractivity (Wildman–Crippen MR) is 63.9 cm³/mol. The van der Waals surface area contributed by atoms with Crippen molar-refractivity contribution in [2.75, 3.05) is 0 Å². The largest absolute Gasteiger partial charge is 0.411 e. The molecule has 2 aliphatic carbocycles. The van der Waals surface area contributed by atoms with Crippen molar-refractivity contribution in [1.82, 2.24) is 0 Å². The van der Waals surface area contributed by atoms with Crippen LogP contribution in [0.25, 0.3) is 0 Å². The number of oxime groups is 1. The van der Waals surface area contributed by atoms with Crippen LogP contribution in [0.2, 0.25) is 0 Å². The summed E-state index contributed by atoms with van der Waals surface area (Å²) in [4.78, 5) is 0. The van der Waals surface area contributed by atoms with Gasteiger partial charge in [0.15, 0.2) is 0 Å². The van der Waals surface area contributed by atoms with Gasteiger partial charge in [-0.3, -0.25) is 0 Å². The highest BCUT2D eigenvalue weighted by atomic mass is 16.4. The smallest absolute Gasteiger partial charge is 0.0904 e. The van der Waals surface area contributed by atoms with Crippen LogP contribution in [0.1, 0.15) is 36.8 Å². The molecule has 0 bridgehead atoms. The average molecular weight is 215 g/mol. The molecule has 0 radical (unpaired) electrons. The third kappa shape index (κ3) is 1.44. The summed E-state index contributed by atoms with van der Waals surface area (Å²) in [6, 6.07) is 8.38. The molecule has 84 valence electrons. The van der Waals surface area contributed by atoms with E-state index in [0.717, 1.165) is 5.71 Å². The first-order valence-electron chi connectivity index (χ1n) is 6.20. The van der Waals surface area contributed by atoms with Crippen LogP contribution in [0.5, 0.6) is 0 Å².